The summed E-state index contributed by atoms with van der Waals surface area (Å²) in [6, 6.07) is 0. The van der Waals surface area contributed by atoms with Gasteiger partial charge in [-0.3, -0.25) is 9.59 Å². The third-order valence-electron chi connectivity index (χ3n) is 1.96. The van der Waals surface area contributed by atoms with E-state index in [2.05, 4.69) is 0 Å². The van der Waals surface area contributed by atoms with Crippen LogP contribution in [-0.4, -0.2) is 11.6 Å². The predicted molar refractivity (Wildman–Crippen MR) is 48.2 cm³/mol. The Hall–Kier alpha value is -1.38. The van der Waals surface area contributed by atoms with Crippen molar-refractivity contribution in [2.24, 2.45) is 0 Å². The predicted octanol–water partition coefficient (Wildman–Crippen LogP) is 2.30. The van der Waals surface area contributed by atoms with Crippen LogP contribution in [0.1, 0.15) is 46.1 Å². The summed E-state index contributed by atoms with van der Waals surface area (Å²) in [7, 11) is 0. The monoisotopic (exact) mass is 180 g/mol. The Kier molecular flexibility index (Phi) is 2.36. The molecule has 1 aromatic rings. The van der Waals surface area contributed by atoms with Crippen molar-refractivity contribution in [2.75, 3.05) is 0 Å². The van der Waals surface area contributed by atoms with E-state index in [0.717, 1.165) is 0 Å². The summed E-state index contributed by atoms with van der Waals surface area (Å²) >= 11 is 0. The second-order valence-corrected chi connectivity index (χ2v) is 3.08. The van der Waals surface area contributed by atoms with Gasteiger partial charge in [-0.15, -0.1) is 0 Å². The maximum atomic E-state index is 11.2. The van der Waals surface area contributed by atoms with Crippen LogP contribution in [0.15, 0.2) is 4.42 Å². The smallest absolute Gasteiger partial charge is 0.164 e. The van der Waals surface area contributed by atoms with E-state index >= 15 is 0 Å². The molecule has 0 fully saturated rings. The Morgan fingerprint density at radius 2 is 1.23 bits per heavy atom. The molecular formula is C10H12O3. The zero-order valence-corrected chi connectivity index (χ0v) is 8.22. The van der Waals surface area contributed by atoms with E-state index in [1.165, 1.54) is 13.8 Å². The van der Waals surface area contributed by atoms with Crippen LogP contribution in [0.25, 0.3) is 0 Å². The fourth-order valence-corrected chi connectivity index (χ4v) is 1.53. The Morgan fingerprint density at radius 3 is 1.46 bits per heavy atom. The number of carbonyl (C=O) groups excluding carboxylic acids is 2. The molecule has 1 heterocycles. The number of hydrogen-bond donors (Lipinski definition) is 0. The van der Waals surface area contributed by atoms with Crippen molar-refractivity contribution < 1.29 is 14.0 Å². The molecule has 0 N–H and O–H groups in total. The molecular weight excluding hydrogens is 168 g/mol. The highest BCUT2D eigenvalue weighted by Crippen LogP contribution is 2.22. The summed E-state index contributed by atoms with van der Waals surface area (Å²) in [6.45, 7) is 6.25. The second-order valence-electron chi connectivity index (χ2n) is 3.08. The molecule has 3 heteroatoms. The highest BCUT2D eigenvalue weighted by atomic mass is 16.3. The summed E-state index contributed by atoms with van der Waals surface area (Å²) in [4.78, 5) is 22.4. The van der Waals surface area contributed by atoms with Gasteiger partial charge in [0.15, 0.2) is 11.6 Å². The minimum atomic E-state index is -0.125. The van der Waals surface area contributed by atoms with E-state index in [9.17, 15) is 9.59 Å². The van der Waals surface area contributed by atoms with Gasteiger partial charge in [0.25, 0.3) is 0 Å². The van der Waals surface area contributed by atoms with Gasteiger partial charge in [0.2, 0.25) is 0 Å². The molecule has 0 aliphatic heterocycles. The van der Waals surface area contributed by atoms with E-state index in [1.807, 2.05) is 0 Å². The van der Waals surface area contributed by atoms with Gasteiger partial charge in [-0.05, 0) is 27.7 Å². The quantitative estimate of drug-likeness (QED) is 0.656. The number of rotatable bonds is 2. The van der Waals surface area contributed by atoms with Crippen LogP contribution >= 0.6 is 0 Å². The maximum absolute atomic E-state index is 11.2. The molecule has 0 spiro atoms. The van der Waals surface area contributed by atoms with Crippen LogP contribution in [0.3, 0.4) is 0 Å². The second kappa shape index (κ2) is 3.17. The number of hydrogen-bond acceptors (Lipinski definition) is 3. The first-order chi connectivity index (χ1) is 5.95. The molecule has 0 aromatic carbocycles. The first kappa shape index (κ1) is 9.71. The van der Waals surface area contributed by atoms with Crippen LogP contribution in [0.4, 0.5) is 0 Å². The topological polar surface area (TPSA) is 47.3 Å². The fourth-order valence-electron chi connectivity index (χ4n) is 1.53. The van der Waals surface area contributed by atoms with Crippen LogP contribution in [0.5, 0.6) is 0 Å². The number of carbonyl (C=O) groups is 2. The molecule has 0 bridgehead atoms. The van der Waals surface area contributed by atoms with E-state index in [4.69, 9.17) is 4.42 Å². The standard InChI is InChI=1S/C10H12O3/c1-5(11)9-7(3)13-8(4)10(9)6(2)12/h1-4H3. The van der Waals surface area contributed by atoms with E-state index in [1.54, 1.807) is 13.8 Å². The van der Waals surface area contributed by atoms with Crippen molar-refractivity contribution in [3.8, 4) is 0 Å². The highest BCUT2D eigenvalue weighted by Gasteiger charge is 2.21. The largest absolute Gasteiger partial charge is 0.465 e. The summed E-state index contributed by atoms with van der Waals surface area (Å²) in [5.41, 5.74) is 0.843. The summed E-state index contributed by atoms with van der Waals surface area (Å²) in [6.07, 6.45) is 0. The fraction of sp³-hybridized carbons (Fsp3) is 0.400. The molecule has 0 atom stereocenters. The van der Waals surface area contributed by atoms with Crippen molar-refractivity contribution in [1.29, 1.82) is 0 Å². The molecule has 0 amide bonds. The van der Waals surface area contributed by atoms with Crippen molar-refractivity contribution in [3.05, 3.63) is 22.6 Å². The molecule has 70 valence electrons. The van der Waals surface area contributed by atoms with Crippen molar-refractivity contribution in [2.45, 2.75) is 27.7 Å². The number of aryl methyl sites for hydroxylation is 2. The van der Waals surface area contributed by atoms with Gasteiger partial charge in [-0.25, -0.2) is 0 Å². The van der Waals surface area contributed by atoms with Gasteiger partial charge in [0.05, 0.1) is 11.1 Å². The average Bonchev–Trinajstić information content (AvgIpc) is 2.24. The molecule has 1 rings (SSSR count). The van der Waals surface area contributed by atoms with Crippen LogP contribution in [0.2, 0.25) is 0 Å². The van der Waals surface area contributed by atoms with E-state index in [0.29, 0.717) is 22.6 Å². The first-order valence-corrected chi connectivity index (χ1v) is 4.07. The Labute approximate surface area is 76.7 Å². The summed E-state index contributed by atoms with van der Waals surface area (Å²) in [5.74, 6) is 0.796. The maximum Gasteiger partial charge on any atom is 0.164 e. The summed E-state index contributed by atoms with van der Waals surface area (Å²) < 4.78 is 5.23. The van der Waals surface area contributed by atoms with E-state index < -0.39 is 0 Å². The van der Waals surface area contributed by atoms with Crippen molar-refractivity contribution >= 4 is 11.6 Å². The zero-order chi connectivity index (χ0) is 10.2. The number of Topliss-reactive ketones (excluding diaryl/α,β-unsaturated/α-hetero) is 2. The molecule has 0 aliphatic carbocycles. The molecule has 0 radical (unpaired) electrons. The van der Waals surface area contributed by atoms with Gasteiger partial charge < -0.3 is 4.42 Å². The van der Waals surface area contributed by atoms with Gasteiger partial charge in [-0.2, -0.15) is 0 Å². The average molecular weight is 180 g/mol. The Morgan fingerprint density at radius 1 is 0.923 bits per heavy atom. The molecule has 1 aromatic heterocycles. The van der Waals surface area contributed by atoms with Crippen molar-refractivity contribution in [1.82, 2.24) is 0 Å². The lowest BCUT2D eigenvalue weighted by atomic mass is 10.0. The van der Waals surface area contributed by atoms with Gasteiger partial charge in [0, 0.05) is 0 Å². The summed E-state index contributed by atoms with van der Waals surface area (Å²) in [5, 5.41) is 0. The lowest BCUT2D eigenvalue weighted by molar-refractivity contribution is 0.0981. The van der Waals surface area contributed by atoms with Crippen LogP contribution < -0.4 is 0 Å². The van der Waals surface area contributed by atoms with Crippen LogP contribution in [-0.2, 0) is 0 Å². The van der Waals surface area contributed by atoms with Gasteiger partial charge in [0.1, 0.15) is 11.5 Å². The molecule has 3 nitrogen and oxygen atoms in total. The molecule has 0 unspecified atom stereocenters. The molecule has 13 heavy (non-hydrogen) atoms. The lowest BCUT2D eigenvalue weighted by Crippen LogP contribution is -2.02. The third kappa shape index (κ3) is 1.54. The van der Waals surface area contributed by atoms with Crippen molar-refractivity contribution in [3.63, 3.8) is 0 Å². The molecule has 0 saturated heterocycles. The highest BCUT2D eigenvalue weighted by molar-refractivity contribution is 6.08. The minimum absolute atomic E-state index is 0.125. The molecule has 0 saturated carbocycles. The normalized spacial score (nSPS) is 10.2. The van der Waals surface area contributed by atoms with Crippen LogP contribution in [0, 0.1) is 13.8 Å². The SMILES string of the molecule is CC(=O)c1c(C)oc(C)c1C(C)=O. The number of furan rings is 1. The Bertz CT molecular complexity index is 337. The number of ketones is 2. The van der Waals surface area contributed by atoms with Gasteiger partial charge >= 0.3 is 0 Å². The molecule has 0 aliphatic rings. The van der Waals surface area contributed by atoms with E-state index in [-0.39, 0.29) is 11.6 Å². The first-order valence-electron chi connectivity index (χ1n) is 4.07. The Balaban J connectivity index is 3.47. The minimum Gasteiger partial charge on any atom is -0.465 e. The third-order valence-corrected chi connectivity index (χ3v) is 1.96. The van der Waals surface area contributed by atoms with Gasteiger partial charge in [-0.1, -0.05) is 0 Å². The zero-order valence-electron chi connectivity index (χ0n) is 8.22. The lowest BCUT2D eigenvalue weighted by Gasteiger charge is -1.95.